The van der Waals surface area contributed by atoms with Crippen molar-refractivity contribution in [1.82, 2.24) is 5.32 Å². The van der Waals surface area contributed by atoms with E-state index in [9.17, 15) is 0 Å². The molecule has 2 N–H and O–H groups in total. The molecule has 3 nitrogen and oxygen atoms in total. The minimum Gasteiger partial charge on any atom is -0.489 e. The van der Waals surface area contributed by atoms with Gasteiger partial charge in [-0.25, -0.2) is 0 Å². The van der Waals surface area contributed by atoms with Crippen molar-refractivity contribution in [2.75, 3.05) is 13.2 Å². The fourth-order valence-electron chi connectivity index (χ4n) is 1.70. The van der Waals surface area contributed by atoms with Gasteiger partial charge in [-0.1, -0.05) is 18.2 Å². The van der Waals surface area contributed by atoms with Gasteiger partial charge in [0.1, 0.15) is 11.9 Å². The van der Waals surface area contributed by atoms with E-state index < -0.39 is 0 Å². The van der Waals surface area contributed by atoms with Crippen molar-refractivity contribution in [2.45, 2.75) is 18.6 Å². The zero-order valence-electron chi connectivity index (χ0n) is 8.02. The van der Waals surface area contributed by atoms with Crippen molar-refractivity contribution in [3.63, 3.8) is 0 Å². The van der Waals surface area contributed by atoms with E-state index >= 15 is 0 Å². The molecule has 0 unspecified atom stereocenters. The summed E-state index contributed by atoms with van der Waals surface area (Å²) in [5.41, 5.74) is 0. The van der Waals surface area contributed by atoms with Gasteiger partial charge >= 0.3 is 0 Å². The van der Waals surface area contributed by atoms with E-state index in [4.69, 9.17) is 9.84 Å². The van der Waals surface area contributed by atoms with Crippen LogP contribution in [0.15, 0.2) is 30.3 Å². The second-order valence-corrected chi connectivity index (χ2v) is 3.58. The molecule has 0 bridgehead atoms. The molecule has 76 valence electrons. The molecule has 1 aromatic carbocycles. The van der Waals surface area contributed by atoms with Crippen molar-refractivity contribution in [2.24, 2.45) is 0 Å². The van der Waals surface area contributed by atoms with Crippen LogP contribution in [0.4, 0.5) is 0 Å². The summed E-state index contributed by atoms with van der Waals surface area (Å²) >= 11 is 0. The van der Waals surface area contributed by atoms with E-state index in [-0.39, 0.29) is 18.8 Å². The summed E-state index contributed by atoms with van der Waals surface area (Å²) in [5.74, 6) is 0.901. The molecule has 0 saturated carbocycles. The van der Waals surface area contributed by atoms with Crippen LogP contribution in [0.25, 0.3) is 0 Å². The lowest BCUT2D eigenvalue weighted by molar-refractivity contribution is 0.206. The van der Waals surface area contributed by atoms with Gasteiger partial charge in [-0.15, -0.1) is 0 Å². The summed E-state index contributed by atoms with van der Waals surface area (Å²) in [7, 11) is 0. The van der Waals surface area contributed by atoms with E-state index in [0.29, 0.717) is 0 Å². The number of hydrogen-bond donors (Lipinski definition) is 2. The first-order valence-corrected chi connectivity index (χ1v) is 4.94. The number of rotatable bonds is 3. The third-order valence-electron chi connectivity index (χ3n) is 2.45. The molecular formula is C11H15NO2. The highest BCUT2D eigenvalue weighted by atomic mass is 16.5. The minimum absolute atomic E-state index is 0.189. The van der Waals surface area contributed by atoms with Crippen LogP contribution in [-0.2, 0) is 0 Å². The third-order valence-corrected chi connectivity index (χ3v) is 2.45. The molecule has 0 aromatic heterocycles. The van der Waals surface area contributed by atoms with Crippen LogP contribution >= 0.6 is 0 Å². The molecule has 0 aliphatic carbocycles. The number of aliphatic hydroxyl groups is 1. The number of hydrogen-bond acceptors (Lipinski definition) is 3. The summed E-state index contributed by atoms with van der Waals surface area (Å²) in [6.45, 7) is 1.01. The van der Waals surface area contributed by atoms with Crippen molar-refractivity contribution in [3.05, 3.63) is 30.3 Å². The highest BCUT2D eigenvalue weighted by Crippen LogP contribution is 2.16. The normalized spacial score (nSPS) is 26.4. The standard InChI is InChI=1S/C11H15NO2/c13-8-9-6-11(7-12-9)14-10-4-2-1-3-5-10/h1-5,9,11-13H,6-8H2/t9-,11-/m0/s1. The second kappa shape index (κ2) is 4.44. The highest BCUT2D eigenvalue weighted by molar-refractivity contribution is 5.21. The average molecular weight is 193 g/mol. The molecule has 0 radical (unpaired) electrons. The van der Waals surface area contributed by atoms with Crippen molar-refractivity contribution >= 4 is 0 Å². The highest BCUT2D eigenvalue weighted by Gasteiger charge is 2.24. The Kier molecular flexibility index (Phi) is 3.01. The SMILES string of the molecule is OC[C@@H]1C[C@H](Oc2ccccc2)CN1. The molecule has 1 aliphatic rings. The Hall–Kier alpha value is -1.06. The molecule has 1 heterocycles. The monoisotopic (exact) mass is 193 g/mol. The quantitative estimate of drug-likeness (QED) is 0.745. The fraction of sp³-hybridized carbons (Fsp3) is 0.455. The molecule has 0 spiro atoms. The molecule has 1 saturated heterocycles. The molecule has 1 aliphatic heterocycles. The summed E-state index contributed by atoms with van der Waals surface area (Å²) in [6, 6.07) is 9.99. The number of ether oxygens (including phenoxy) is 1. The summed E-state index contributed by atoms with van der Waals surface area (Å²) in [5, 5.41) is 12.1. The maximum atomic E-state index is 8.93. The van der Waals surface area contributed by atoms with Crippen LogP contribution in [0.2, 0.25) is 0 Å². The average Bonchev–Trinajstić information content (AvgIpc) is 2.67. The maximum Gasteiger partial charge on any atom is 0.119 e. The number of aliphatic hydroxyl groups excluding tert-OH is 1. The van der Waals surface area contributed by atoms with Crippen molar-refractivity contribution in [3.8, 4) is 5.75 Å². The zero-order valence-corrected chi connectivity index (χ0v) is 8.02. The Morgan fingerprint density at radius 1 is 1.36 bits per heavy atom. The molecule has 14 heavy (non-hydrogen) atoms. The lowest BCUT2D eigenvalue weighted by Gasteiger charge is -2.12. The lowest BCUT2D eigenvalue weighted by Crippen LogP contribution is -2.25. The Morgan fingerprint density at radius 2 is 2.14 bits per heavy atom. The Morgan fingerprint density at radius 3 is 2.79 bits per heavy atom. The molecule has 2 rings (SSSR count). The fourth-order valence-corrected chi connectivity index (χ4v) is 1.70. The van der Waals surface area contributed by atoms with Gasteiger partial charge in [0.15, 0.2) is 0 Å². The number of para-hydroxylation sites is 1. The summed E-state index contributed by atoms with van der Waals surface area (Å²) in [6.07, 6.45) is 1.07. The molecular weight excluding hydrogens is 178 g/mol. The summed E-state index contributed by atoms with van der Waals surface area (Å²) < 4.78 is 5.73. The van der Waals surface area contributed by atoms with Crippen molar-refractivity contribution < 1.29 is 9.84 Å². The van der Waals surface area contributed by atoms with E-state index in [2.05, 4.69) is 5.32 Å². The van der Waals surface area contributed by atoms with E-state index in [1.807, 2.05) is 30.3 Å². The Labute approximate surface area is 83.7 Å². The largest absolute Gasteiger partial charge is 0.489 e. The van der Waals surface area contributed by atoms with Crippen LogP contribution < -0.4 is 10.1 Å². The van der Waals surface area contributed by atoms with Crippen LogP contribution in [0, 0.1) is 0 Å². The first kappa shape index (κ1) is 9.49. The van der Waals surface area contributed by atoms with Gasteiger partial charge in [-0.2, -0.15) is 0 Å². The Balaban J connectivity index is 1.88. The lowest BCUT2D eigenvalue weighted by atomic mass is 10.2. The smallest absolute Gasteiger partial charge is 0.119 e. The topological polar surface area (TPSA) is 41.5 Å². The van der Waals surface area contributed by atoms with E-state index in [0.717, 1.165) is 18.7 Å². The first-order valence-electron chi connectivity index (χ1n) is 4.94. The minimum atomic E-state index is 0.189. The third kappa shape index (κ3) is 2.25. The van der Waals surface area contributed by atoms with E-state index in [1.54, 1.807) is 0 Å². The van der Waals surface area contributed by atoms with Crippen LogP contribution in [-0.4, -0.2) is 30.4 Å². The predicted molar refractivity (Wildman–Crippen MR) is 54.4 cm³/mol. The molecule has 2 atom stereocenters. The number of nitrogens with one attached hydrogen (secondary N) is 1. The van der Waals surface area contributed by atoms with Gasteiger partial charge in [0.05, 0.1) is 6.61 Å². The predicted octanol–water partition coefficient (Wildman–Crippen LogP) is 0.788. The van der Waals surface area contributed by atoms with Gasteiger partial charge < -0.3 is 15.2 Å². The Bertz CT molecular complexity index is 276. The van der Waals surface area contributed by atoms with Crippen LogP contribution in [0.5, 0.6) is 5.75 Å². The van der Waals surface area contributed by atoms with Gasteiger partial charge in [-0.05, 0) is 12.1 Å². The second-order valence-electron chi connectivity index (χ2n) is 3.58. The molecule has 1 fully saturated rings. The van der Waals surface area contributed by atoms with Gasteiger partial charge in [0.25, 0.3) is 0 Å². The van der Waals surface area contributed by atoms with Gasteiger partial charge in [0.2, 0.25) is 0 Å². The van der Waals surface area contributed by atoms with E-state index in [1.165, 1.54) is 0 Å². The summed E-state index contributed by atoms with van der Waals surface area (Å²) in [4.78, 5) is 0. The van der Waals surface area contributed by atoms with Gasteiger partial charge in [0, 0.05) is 19.0 Å². The first-order chi connectivity index (χ1) is 6.88. The maximum absolute atomic E-state index is 8.93. The number of benzene rings is 1. The molecule has 3 heteroatoms. The molecule has 0 amide bonds. The van der Waals surface area contributed by atoms with Gasteiger partial charge in [-0.3, -0.25) is 0 Å². The van der Waals surface area contributed by atoms with Crippen molar-refractivity contribution in [1.29, 1.82) is 0 Å². The van der Waals surface area contributed by atoms with Crippen LogP contribution in [0.3, 0.4) is 0 Å². The van der Waals surface area contributed by atoms with Crippen LogP contribution in [0.1, 0.15) is 6.42 Å². The zero-order chi connectivity index (χ0) is 9.80. The molecule has 1 aromatic rings.